The van der Waals surface area contributed by atoms with Crippen LogP contribution in [0.1, 0.15) is 29.2 Å². The maximum atomic E-state index is 12.8. The molecule has 0 aliphatic carbocycles. The number of nitrogens with one attached hydrogen (secondary N) is 1. The van der Waals surface area contributed by atoms with Crippen LogP contribution in [0.3, 0.4) is 0 Å². The first-order chi connectivity index (χ1) is 17.0. The molecule has 35 heavy (non-hydrogen) atoms. The molecule has 5 rings (SSSR count). The van der Waals surface area contributed by atoms with Gasteiger partial charge in [0.2, 0.25) is 5.91 Å². The van der Waals surface area contributed by atoms with Crippen LogP contribution < -0.4 is 19.5 Å². The molecule has 0 radical (unpaired) electrons. The average molecular weight is 473 g/mol. The van der Waals surface area contributed by atoms with Crippen LogP contribution >= 0.6 is 0 Å². The van der Waals surface area contributed by atoms with Gasteiger partial charge >= 0.3 is 0 Å². The van der Waals surface area contributed by atoms with Crippen LogP contribution in [0, 0.1) is 6.92 Å². The normalized spacial score (nSPS) is 14.7. The molecular weight excluding hydrogens is 448 g/mol. The smallest absolute Gasteiger partial charge is 0.272 e. The number of ether oxygens (including phenoxy) is 3. The van der Waals surface area contributed by atoms with E-state index in [1.54, 1.807) is 27.5 Å². The molecule has 10 nitrogen and oxygen atoms in total. The Morgan fingerprint density at radius 2 is 1.86 bits per heavy atom. The van der Waals surface area contributed by atoms with Crippen LogP contribution in [0.5, 0.6) is 17.2 Å². The molecule has 10 heteroatoms. The van der Waals surface area contributed by atoms with Crippen molar-refractivity contribution in [3.63, 3.8) is 0 Å². The largest absolute Gasteiger partial charge is 0.497 e. The quantitative estimate of drug-likeness (QED) is 0.453. The third-order valence-corrected chi connectivity index (χ3v) is 6.02. The van der Waals surface area contributed by atoms with E-state index in [0.29, 0.717) is 28.8 Å². The van der Waals surface area contributed by atoms with Crippen LogP contribution in [-0.2, 0) is 4.79 Å². The van der Waals surface area contributed by atoms with Crippen molar-refractivity contribution in [1.29, 1.82) is 0 Å². The van der Waals surface area contributed by atoms with Crippen molar-refractivity contribution < 1.29 is 19.0 Å². The molecule has 1 aliphatic heterocycles. The number of rotatable bonds is 6. The maximum absolute atomic E-state index is 12.8. The highest BCUT2D eigenvalue weighted by molar-refractivity contribution is 5.95. The molecule has 0 fully saturated rings. The number of carbonyl (C=O) groups is 1. The zero-order chi connectivity index (χ0) is 24.5. The Kier molecular flexibility index (Phi) is 5.77. The molecule has 0 spiro atoms. The topological polar surface area (TPSA) is 113 Å². The number of aryl methyl sites for hydroxylation is 1. The van der Waals surface area contributed by atoms with Gasteiger partial charge in [0.05, 0.1) is 38.9 Å². The van der Waals surface area contributed by atoms with Crippen molar-refractivity contribution in [3.8, 4) is 34.5 Å². The molecular formula is C25H24N6O4. The van der Waals surface area contributed by atoms with E-state index >= 15 is 0 Å². The van der Waals surface area contributed by atoms with Crippen molar-refractivity contribution in [2.45, 2.75) is 19.3 Å². The predicted octanol–water partition coefficient (Wildman–Crippen LogP) is 3.53. The number of anilines is 1. The lowest BCUT2D eigenvalue weighted by atomic mass is 9.85. The number of hydrogen-bond acceptors (Lipinski definition) is 8. The molecule has 1 unspecified atom stereocenters. The lowest BCUT2D eigenvalue weighted by molar-refractivity contribution is -0.116. The van der Waals surface area contributed by atoms with Gasteiger partial charge < -0.3 is 19.5 Å². The summed E-state index contributed by atoms with van der Waals surface area (Å²) in [6.07, 6.45) is 1.85. The van der Waals surface area contributed by atoms with Crippen molar-refractivity contribution >= 4 is 11.7 Å². The van der Waals surface area contributed by atoms with E-state index in [2.05, 4.69) is 25.6 Å². The molecule has 1 atom stereocenters. The van der Waals surface area contributed by atoms with Crippen LogP contribution in [0.2, 0.25) is 0 Å². The van der Waals surface area contributed by atoms with Crippen molar-refractivity contribution in [3.05, 3.63) is 65.5 Å². The van der Waals surface area contributed by atoms with Gasteiger partial charge in [0.25, 0.3) is 5.95 Å². The van der Waals surface area contributed by atoms with Gasteiger partial charge in [0, 0.05) is 23.5 Å². The zero-order valence-corrected chi connectivity index (χ0v) is 19.8. The molecule has 1 aliphatic rings. The number of benzene rings is 2. The molecule has 3 heterocycles. The van der Waals surface area contributed by atoms with Crippen LogP contribution in [0.4, 0.5) is 5.82 Å². The highest BCUT2D eigenvalue weighted by atomic mass is 16.5. The van der Waals surface area contributed by atoms with Gasteiger partial charge in [-0.3, -0.25) is 4.79 Å². The number of aromatic nitrogens is 5. The van der Waals surface area contributed by atoms with Gasteiger partial charge in [-0.2, -0.15) is 14.9 Å². The summed E-state index contributed by atoms with van der Waals surface area (Å²) in [5.41, 5.74) is 4.01. The summed E-state index contributed by atoms with van der Waals surface area (Å²) in [5, 5.41) is 16.0. The van der Waals surface area contributed by atoms with Gasteiger partial charge in [-0.05, 0) is 36.8 Å². The number of carbonyl (C=O) groups excluding carboxylic acids is 1. The summed E-state index contributed by atoms with van der Waals surface area (Å²) in [4.78, 5) is 17.4. The Labute approximate surface area is 201 Å². The van der Waals surface area contributed by atoms with Gasteiger partial charge in [-0.1, -0.05) is 18.2 Å². The number of nitrogens with zero attached hydrogens (tertiary/aromatic N) is 5. The van der Waals surface area contributed by atoms with Crippen LogP contribution in [-0.4, -0.2) is 52.2 Å². The van der Waals surface area contributed by atoms with Gasteiger partial charge in [0.1, 0.15) is 11.6 Å². The van der Waals surface area contributed by atoms with E-state index in [1.807, 2.05) is 49.4 Å². The number of hydrogen-bond donors (Lipinski definition) is 1. The Bertz CT molecular complexity index is 1420. The zero-order valence-electron chi connectivity index (χ0n) is 19.8. The van der Waals surface area contributed by atoms with Gasteiger partial charge in [-0.25, -0.2) is 4.98 Å². The Hall–Kier alpha value is -4.47. The van der Waals surface area contributed by atoms with E-state index < -0.39 is 0 Å². The fourth-order valence-electron chi connectivity index (χ4n) is 4.35. The number of methoxy groups -OCH3 is 3. The predicted molar refractivity (Wildman–Crippen MR) is 128 cm³/mol. The van der Waals surface area contributed by atoms with E-state index in [4.69, 9.17) is 14.2 Å². The summed E-state index contributed by atoms with van der Waals surface area (Å²) in [5.74, 6) is 2.36. The second-order valence-electron chi connectivity index (χ2n) is 8.05. The molecule has 2 aromatic heterocycles. The fourth-order valence-corrected chi connectivity index (χ4v) is 4.35. The monoisotopic (exact) mass is 472 g/mol. The lowest BCUT2D eigenvalue weighted by Crippen LogP contribution is -2.25. The molecule has 0 bridgehead atoms. The van der Waals surface area contributed by atoms with Crippen molar-refractivity contribution in [2.75, 3.05) is 26.6 Å². The van der Waals surface area contributed by atoms with Crippen molar-refractivity contribution in [2.24, 2.45) is 0 Å². The standard InChI is InChI=1S/C25H24N6O4/c1-14-23-18(15-8-9-20(34-3)21(11-15)35-4)12-22(32)28-24(23)31(30-14)25-27-19(13-26-29-25)16-6-5-7-17(10-16)33-2/h5-11,13,18H,12H2,1-4H3,(H,28,32). The SMILES string of the molecule is COc1cccc(-c2cnnc(-n3nc(C)c4c3NC(=O)CC4c3ccc(OC)c(OC)c3)n2)c1. The molecule has 0 saturated heterocycles. The summed E-state index contributed by atoms with van der Waals surface area (Å²) >= 11 is 0. The minimum atomic E-state index is -0.221. The summed E-state index contributed by atoms with van der Waals surface area (Å²) in [6.45, 7) is 1.90. The second-order valence-corrected chi connectivity index (χ2v) is 8.05. The first kappa shape index (κ1) is 22.3. The van der Waals surface area contributed by atoms with E-state index in [0.717, 1.165) is 22.4 Å². The molecule has 4 aromatic rings. The first-order valence-electron chi connectivity index (χ1n) is 11.0. The van der Waals surface area contributed by atoms with Crippen molar-refractivity contribution in [1.82, 2.24) is 25.0 Å². The van der Waals surface area contributed by atoms with Crippen LogP contribution in [0.15, 0.2) is 48.7 Å². The molecule has 1 amide bonds. The first-order valence-corrected chi connectivity index (χ1v) is 11.0. The third kappa shape index (κ3) is 4.03. The summed E-state index contributed by atoms with van der Waals surface area (Å²) in [6, 6.07) is 13.2. The summed E-state index contributed by atoms with van der Waals surface area (Å²) in [7, 11) is 4.79. The molecule has 2 aromatic carbocycles. The fraction of sp³-hybridized carbons (Fsp3) is 0.240. The second kappa shape index (κ2) is 9.05. The lowest BCUT2D eigenvalue weighted by Gasteiger charge is -2.24. The summed E-state index contributed by atoms with van der Waals surface area (Å²) < 4.78 is 17.7. The number of amides is 1. The highest BCUT2D eigenvalue weighted by Crippen LogP contribution is 2.42. The Balaban J connectivity index is 1.59. The van der Waals surface area contributed by atoms with Crippen LogP contribution in [0.25, 0.3) is 17.2 Å². The van der Waals surface area contributed by atoms with E-state index in [9.17, 15) is 4.79 Å². The Morgan fingerprint density at radius 1 is 1.03 bits per heavy atom. The minimum Gasteiger partial charge on any atom is -0.497 e. The van der Waals surface area contributed by atoms with E-state index in [1.165, 1.54) is 4.68 Å². The van der Waals surface area contributed by atoms with E-state index in [-0.39, 0.29) is 24.2 Å². The Morgan fingerprint density at radius 3 is 2.63 bits per heavy atom. The number of fused-ring (bicyclic) bond motifs is 1. The molecule has 0 saturated carbocycles. The molecule has 1 N–H and O–H groups in total. The average Bonchev–Trinajstić information content (AvgIpc) is 3.23. The van der Waals surface area contributed by atoms with Gasteiger partial charge in [-0.15, -0.1) is 5.10 Å². The molecule has 178 valence electrons. The highest BCUT2D eigenvalue weighted by Gasteiger charge is 2.33. The third-order valence-electron chi connectivity index (χ3n) is 6.02. The maximum Gasteiger partial charge on any atom is 0.272 e. The van der Waals surface area contributed by atoms with Gasteiger partial charge in [0.15, 0.2) is 11.5 Å². The minimum absolute atomic E-state index is 0.129.